The van der Waals surface area contributed by atoms with E-state index in [4.69, 9.17) is 0 Å². The molecular weight excluding hydrogens is 299 g/mol. The van der Waals surface area contributed by atoms with Gasteiger partial charge < -0.3 is 4.90 Å². The third kappa shape index (κ3) is 2.92. The van der Waals surface area contributed by atoms with Crippen molar-refractivity contribution in [2.45, 2.75) is 12.7 Å². The lowest BCUT2D eigenvalue weighted by Crippen LogP contribution is -2.50. The standard InChI is InChI=1S/C13H12F3N5O/c14-13(15,16)10-3-4-11(19-18-10)20-6-9(7-20)8-21-12(22)2-1-5-17-21/h1-5,9H,6-8H2. The van der Waals surface area contributed by atoms with Crippen molar-refractivity contribution in [2.75, 3.05) is 18.0 Å². The van der Waals surface area contributed by atoms with Crippen LogP contribution < -0.4 is 10.5 Å². The fraction of sp³-hybridized carbons (Fsp3) is 0.385. The first kappa shape index (κ1) is 14.5. The Morgan fingerprint density at radius 3 is 2.55 bits per heavy atom. The Kier molecular flexibility index (Phi) is 3.55. The van der Waals surface area contributed by atoms with Gasteiger partial charge in [-0.15, -0.1) is 10.2 Å². The Morgan fingerprint density at radius 1 is 1.18 bits per heavy atom. The van der Waals surface area contributed by atoms with E-state index in [1.807, 2.05) is 4.90 Å². The first-order chi connectivity index (χ1) is 10.4. The molecule has 1 saturated heterocycles. The molecule has 2 aromatic heterocycles. The highest BCUT2D eigenvalue weighted by atomic mass is 19.4. The molecular formula is C13H12F3N5O. The van der Waals surface area contributed by atoms with Gasteiger partial charge in [0.25, 0.3) is 5.56 Å². The molecule has 3 heterocycles. The van der Waals surface area contributed by atoms with Crippen LogP contribution in [0, 0.1) is 5.92 Å². The zero-order valence-electron chi connectivity index (χ0n) is 11.4. The second-order valence-corrected chi connectivity index (χ2v) is 5.09. The number of halogens is 3. The van der Waals surface area contributed by atoms with Gasteiger partial charge in [0.1, 0.15) is 0 Å². The van der Waals surface area contributed by atoms with Gasteiger partial charge in [-0.3, -0.25) is 4.79 Å². The Morgan fingerprint density at radius 2 is 1.95 bits per heavy atom. The monoisotopic (exact) mass is 311 g/mol. The number of nitrogens with zero attached hydrogens (tertiary/aromatic N) is 5. The molecule has 0 aromatic carbocycles. The summed E-state index contributed by atoms with van der Waals surface area (Å²) in [6, 6.07) is 5.23. The first-order valence-electron chi connectivity index (χ1n) is 6.61. The number of hydrogen-bond donors (Lipinski definition) is 0. The molecule has 3 rings (SSSR count). The lowest BCUT2D eigenvalue weighted by atomic mass is 10.0. The molecule has 1 fully saturated rings. The van der Waals surface area contributed by atoms with Crippen LogP contribution in [0.4, 0.5) is 19.0 Å². The summed E-state index contributed by atoms with van der Waals surface area (Å²) < 4.78 is 38.6. The smallest absolute Gasteiger partial charge is 0.354 e. The Balaban J connectivity index is 1.59. The number of rotatable bonds is 3. The molecule has 0 amide bonds. The van der Waals surface area contributed by atoms with Crippen LogP contribution in [0.15, 0.2) is 35.3 Å². The summed E-state index contributed by atoms with van der Waals surface area (Å²) in [4.78, 5) is 13.3. The maximum absolute atomic E-state index is 12.4. The molecule has 0 N–H and O–H groups in total. The van der Waals surface area contributed by atoms with Crippen molar-refractivity contribution in [1.82, 2.24) is 20.0 Å². The molecule has 6 nitrogen and oxygen atoms in total. The van der Waals surface area contributed by atoms with Crippen molar-refractivity contribution in [3.63, 3.8) is 0 Å². The highest BCUT2D eigenvalue weighted by Gasteiger charge is 2.34. The zero-order valence-corrected chi connectivity index (χ0v) is 11.4. The lowest BCUT2D eigenvalue weighted by Gasteiger charge is -2.39. The van der Waals surface area contributed by atoms with Crippen molar-refractivity contribution in [3.05, 3.63) is 46.5 Å². The van der Waals surface area contributed by atoms with E-state index in [2.05, 4.69) is 15.3 Å². The predicted molar refractivity (Wildman–Crippen MR) is 71.2 cm³/mol. The molecule has 0 unspecified atom stereocenters. The third-order valence-corrected chi connectivity index (χ3v) is 3.44. The van der Waals surface area contributed by atoms with Gasteiger partial charge in [0, 0.05) is 31.3 Å². The van der Waals surface area contributed by atoms with Crippen LogP contribution >= 0.6 is 0 Å². The molecule has 9 heteroatoms. The van der Waals surface area contributed by atoms with Crippen LogP contribution in [0.2, 0.25) is 0 Å². The Labute approximate surface area is 123 Å². The lowest BCUT2D eigenvalue weighted by molar-refractivity contribution is -0.141. The summed E-state index contributed by atoms with van der Waals surface area (Å²) in [5.41, 5.74) is -1.18. The van der Waals surface area contributed by atoms with E-state index >= 15 is 0 Å². The molecule has 0 saturated carbocycles. The highest BCUT2D eigenvalue weighted by Crippen LogP contribution is 2.29. The predicted octanol–water partition coefficient (Wildman–Crippen LogP) is 1.19. The van der Waals surface area contributed by atoms with Crippen molar-refractivity contribution < 1.29 is 13.2 Å². The molecule has 0 radical (unpaired) electrons. The quantitative estimate of drug-likeness (QED) is 0.852. The van der Waals surface area contributed by atoms with E-state index in [-0.39, 0.29) is 11.5 Å². The minimum Gasteiger partial charge on any atom is -0.354 e. The van der Waals surface area contributed by atoms with Crippen LogP contribution in [0.25, 0.3) is 0 Å². The number of alkyl halides is 3. The second kappa shape index (κ2) is 5.39. The van der Waals surface area contributed by atoms with Gasteiger partial charge in [-0.1, -0.05) is 0 Å². The Hall–Kier alpha value is -2.45. The summed E-state index contributed by atoms with van der Waals surface area (Å²) in [7, 11) is 0. The Bertz CT molecular complexity index is 707. The van der Waals surface area contributed by atoms with Gasteiger partial charge in [-0.05, 0) is 18.2 Å². The average molecular weight is 311 g/mol. The van der Waals surface area contributed by atoms with E-state index in [0.29, 0.717) is 25.5 Å². The van der Waals surface area contributed by atoms with Gasteiger partial charge in [0.2, 0.25) is 0 Å². The number of anilines is 1. The van der Waals surface area contributed by atoms with E-state index in [0.717, 1.165) is 6.07 Å². The van der Waals surface area contributed by atoms with Gasteiger partial charge in [-0.2, -0.15) is 18.3 Å². The maximum Gasteiger partial charge on any atom is 0.435 e. The summed E-state index contributed by atoms with van der Waals surface area (Å²) in [6.07, 6.45) is -2.94. The van der Waals surface area contributed by atoms with Crippen LogP contribution in [0.1, 0.15) is 5.69 Å². The van der Waals surface area contributed by atoms with Gasteiger partial charge >= 0.3 is 6.18 Å². The van der Waals surface area contributed by atoms with Gasteiger partial charge in [-0.25, -0.2) is 4.68 Å². The number of aromatic nitrogens is 4. The van der Waals surface area contributed by atoms with Gasteiger partial charge in [0.05, 0.1) is 6.54 Å². The van der Waals surface area contributed by atoms with Gasteiger partial charge in [0.15, 0.2) is 11.5 Å². The molecule has 0 spiro atoms. The summed E-state index contributed by atoms with van der Waals surface area (Å²) in [6.45, 7) is 1.68. The minimum atomic E-state index is -4.48. The molecule has 0 aliphatic carbocycles. The van der Waals surface area contributed by atoms with Crippen molar-refractivity contribution in [3.8, 4) is 0 Å². The van der Waals surface area contributed by atoms with E-state index in [9.17, 15) is 18.0 Å². The summed E-state index contributed by atoms with van der Waals surface area (Å²) in [5.74, 6) is 0.606. The number of hydrogen-bond acceptors (Lipinski definition) is 5. The average Bonchev–Trinajstić information content (AvgIpc) is 2.43. The molecule has 0 bridgehead atoms. The largest absolute Gasteiger partial charge is 0.435 e. The summed E-state index contributed by atoms with van der Waals surface area (Å²) in [5, 5.41) is 10.8. The fourth-order valence-corrected chi connectivity index (χ4v) is 2.29. The zero-order chi connectivity index (χ0) is 15.7. The molecule has 2 aromatic rings. The van der Waals surface area contributed by atoms with Crippen molar-refractivity contribution in [1.29, 1.82) is 0 Å². The molecule has 0 atom stereocenters. The van der Waals surface area contributed by atoms with Crippen molar-refractivity contribution >= 4 is 5.82 Å². The van der Waals surface area contributed by atoms with Crippen LogP contribution in [-0.4, -0.2) is 33.1 Å². The van der Waals surface area contributed by atoms with E-state index in [1.165, 1.54) is 16.8 Å². The highest BCUT2D eigenvalue weighted by molar-refractivity contribution is 5.40. The summed E-state index contributed by atoms with van der Waals surface area (Å²) >= 11 is 0. The maximum atomic E-state index is 12.4. The van der Waals surface area contributed by atoms with E-state index in [1.54, 1.807) is 12.3 Å². The van der Waals surface area contributed by atoms with Crippen molar-refractivity contribution in [2.24, 2.45) is 5.92 Å². The first-order valence-corrected chi connectivity index (χ1v) is 6.61. The van der Waals surface area contributed by atoms with Crippen LogP contribution in [0.3, 0.4) is 0 Å². The molecule has 22 heavy (non-hydrogen) atoms. The van der Waals surface area contributed by atoms with Crippen LogP contribution in [-0.2, 0) is 12.7 Å². The van der Waals surface area contributed by atoms with E-state index < -0.39 is 11.9 Å². The molecule has 1 aliphatic heterocycles. The van der Waals surface area contributed by atoms with Crippen LogP contribution in [0.5, 0.6) is 0 Å². The topological polar surface area (TPSA) is 63.9 Å². The minimum absolute atomic E-state index is 0.171. The molecule has 1 aliphatic rings. The third-order valence-electron chi connectivity index (χ3n) is 3.44. The molecule has 116 valence electrons. The second-order valence-electron chi connectivity index (χ2n) is 5.09. The SMILES string of the molecule is O=c1cccnn1CC1CN(c2ccc(C(F)(F)F)nn2)C1. The fourth-order valence-electron chi connectivity index (χ4n) is 2.29. The normalized spacial score (nSPS) is 15.7.